The molecule has 5 heteroatoms. The minimum Gasteiger partial charge on any atom is -0.476 e. The SMILES string of the molecule is Cc1ccc(-c2nc(C(=O)O)c(Br)s2)c(C)c1. The molecule has 0 saturated heterocycles. The molecule has 0 bridgehead atoms. The lowest BCUT2D eigenvalue weighted by atomic mass is 10.1. The normalized spacial score (nSPS) is 10.5. The van der Waals surface area contributed by atoms with Crippen molar-refractivity contribution in [3.8, 4) is 10.6 Å². The van der Waals surface area contributed by atoms with Crippen molar-refractivity contribution in [1.82, 2.24) is 4.98 Å². The van der Waals surface area contributed by atoms with Crippen LogP contribution in [0, 0.1) is 13.8 Å². The number of rotatable bonds is 2. The van der Waals surface area contributed by atoms with Crippen molar-refractivity contribution in [3.05, 3.63) is 38.8 Å². The van der Waals surface area contributed by atoms with E-state index in [0.717, 1.165) is 16.1 Å². The predicted octanol–water partition coefficient (Wildman–Crippen LogP) is 3.89. The molecular formula is C12H10BrNO2S. The molecule has 0 aliphatic heterocycles. The van der Waals surface area contributed by atoms with Crippen molar-refractivity contribution in [2.75, 3.05) is 0 Å². The Labute approximate surface area is 111 Å². The van der Waals surface area contributed by atoms with Gasteiger partial charge in [0.1, 0.15) is 8.79 Å². The molecule has 2 rings (SSSR count). The summed E-state index contributed by atoms with van der Waals surface area (Å²) in [5, 5.41) is 9.68. The molecule has 1 aromatic carbocycles. The number of carbonyl (C=O) groups is 1. The molecule has 1 heterocycles. The maximum Gasteiger partial charge on any atom is 0.356 e. The van der Waals surface area contributed by atoms with Crippen LogP contribution in [-0.2, 0) is 0 Å². The van der Waals surface area contributed by atoms with Gasteiger partial charge in [-0.3, -0.25) is 0 Å². The first-order valence-electron chi connectivity index (χ1n) is 4.96. The second-order valence-electron chi connectivity index (χ2n) is 3.76. The molecule has 0 aliphatic carbocycles. The first kappa shape index (κ1) is 12.3. The average molecular weight is 312 g/mol. The summed E-state index contributed by atoms with van der Waals surface area (Å²) < 4.78 is 0.556. The highest BCUT2D eigenvalue weighted by atomic mass is 79.9. The fraction of sp³-hybridized carbons (Fsp3) is 0.167. The Kier molecular flexibility index (Phi) is 3.31. The third kappa shape index (κ3) is 2.40. The van der Waals surface area contributed by atoms with Gasteiger partial charge in [-0.15, -0.1) is 11.3 Å². The first-order valence-corrected chi connectivity index (χ1v) is 6.57. The Bertz CT molecular complexity index is 592. The fourth-order valence-corrected chi connectivity index (χ4v) is 3.20. The molecular weight excluding hydrogens is 302 g/mol. The number of aromatic carboxylic acids is 1. The molecule has 0 radical (unpaired) electrons. The topological polar surface area (TPSA) is 50.2 Å². The van der Waals surface area contributed by atoms with Crippen molar-refractivity contribution in [1.29, 1.82) is 0 Å². The van der Waals surface area contributed by atoms with E-state index in [1.807, 2.05) is 26.0 Å². The van der Waals surface area contributed by atoms with Gasteiger partial charge in [-0.1, -0.05) is 23.8 Å². The summed E-state index contributed by atoms with van der Waals surface area (Å²) in [7, 11) is 0. The maximum atomic E-state index is 10.9. The van der Waals surface area contributed by atoms with Crippen LogP contribution in [0.5, 0.6) is 0 Å². The van der Waals surface area contributed by atoms with Gasteiger partial charge in [0, 0.05) is 5.56 Å². The molecule has 2 aromatic rings. The van der Waals surface area contributed by atoms with E-state index in [9.17, 15) is 4.79 Å². The number of aromatic nitrogens is 1. The van der Waals surface area contributed by atoms with Gasteiger partial charge < -0.3 is 5.11 Å². The highest BCUT2D eigenvalue weighted by Gasteiger charge is 2.17. The predicted molar refractivity (Wildman–Crippen MR) is 71.7 cm³/mol. The monoisotopic (exact) mass is 311 g/mol. The van der Waals surface area contributed by atoms with Crippen molar-refractivity contribution in [2.24, 2.45) is 0 Å². The summed E-state index contributed by atoms with van der Waals surface area (Å²) in [4.78, 5) is 15.1. The van der Waals surface area contributed by atoms with E-state index in [2.05, 4.69) is 27.0 Å². The lowest BCUT2D eigenvalue weighted by Gasteiger charge is -2.02. The van der Waals surface area contributed by atoms with Gasteiger partial charge in [0.2, 0.25) is 0 Å². The molecule has 88 valence electrons. The van der Waals surface area contributed by atoms with E-state index >= 15 is 0 Å². The number of carboxylic acids is 1. The number of carboxylic acid groups (broad SMARTS) is 1. The van der Waals surface area contributed by atoms with Crippen LogP contribution in [0.4, 0.5) is 0 Å². The summed E-state index contributed by atoms with van der Waals surface area (Å²) in [6, 6.07) is 6.03. The van der Waals surface area contributed by atoms with E-state index in [-0.39, 0.29) is 5.69 Å². The Morgan fingerprint density at radius 2 is 2.12 bits per heavy atom. The molecule has 3 nitrogen and oxygen atoms in total. The minimum absolute atomic E-state index is 0.0741. The minimum atomic E-state index is -1.01. The second kappa shape index (κ2) is 4.58. The molecule has 0 spiro atoms. The van der Waals surface area contributed by atoms with E-state index in [1.165, 1.54) is 16.9 Å². The first-order chi connectivity index (χ1) is 7.99. The standard InChI is InChI=1S/C12H10BrNO2S/c1-6-3-4-8(7(2)5-6)11-14-9(12(15)16)10(13)17-11/h3-5H,1-2H3,(H,15,16). The van der Waals surface area contributed by atoms with E-state index in [1.54, 1.807) is 0 Å². The second-order valence-corrected chi connectivity index (χ2v) is 6.08. The third-order valence-electron chi connectivity index (χ3n) is 2.40. The summed E-state index contributed by atoms with van der Waals surface area (Å²) in [5.74, 6) is -1.01. The summed E-state index contributed by atoms with van der Waals surface area (Å²) in [5.41, 5.74) is 3.34. The summed E-state index contributed by atoms with van der Waals surface area (Å²) in [6.45, 7) is 4.02. The Morgan fingerprint density at radius 3 is 2.65 bits per heavy atom. The zero-order valence-corrected chi connectivity index (χ0v) is 11.7. The van der Waals surface area contributed by atoms with Crippen LogP contribution in [0.25, 0.3) is 10.6 Å². The number of thiazole rings is 1. The highest BCUT2D eigenvalue weighted by Crippen LogP contribution is 2.33. The summed E-state index contributed by atoms with van der Waals surface area (Å²) >= 11 is 4.57. The van der Waals surface area contributed by atoms with Crippen LogP contribution in [0.15, 0.2) is 22.0 Å². The van der Waals surface area contributed by atoms with Crippen molar-refractivity contribution < 1.29 is 9.90 Å². The molecule has 0 unspecified atom stereocenters. The van der Waals surface area contributed by atoms with Gasteiger partial charge >= 0.3 is 5.97 Å². The number of hydrogen-bond acceptors (Lipinski definition) is 3. The maximum absolute atomic E-state index is 10.9. The number of halogens is 1. The molecule has 1 aromatic heterocycles. The van der Waals surface area contributed by atoms with Gasteiger partial charge in [-0.05, 0) is 35.3 Å². The van der Waals surface area contributed by atoms with Gasteiger partial charge in [0.25, 0.3) is 0 Å². The molecule has 17 heavy (non-hydrogen) atoms. The number of hydrogen-bond donors (Lipinski definition) is 1. The Morgan fingerprint density at radius 1 is 1.41 bits per heavy atom. The zero-order chi connectivity index (χ0) is 12.6. The quantitative estimate of drug-likeness (QED) is 0.915. The molecule has 0 aliphatic rings. The fourth-order valence-electron chi connectivity index (χ4n) is 1.60. The van der Waals surface area contributed by atoms with Crippen LogP contribution in [0.3, 0.4) is 0 Å². The third-order valence-corrected chi connectivity index (χ3v) is 4.14. The average Bonchev–Trinajstić information content (AvgIpc) is 2.60. The molecule has 0 fully saturated rings. The van der Waals surface area contributed by atoms with Crippen molar-refractivity contribution >= 4 is 33.2 Å². The smallest absolute Gasteiger partial charge is 0.356 e. The lowest BCUT2D eigenvalue weighted by Crippen LogP contribution is -1.97. The lowest BCUT2D eigenvalue weighted by molar-refractivity contribution is 0.0690. The Balaban J connectivity index is 2.53. The van der Waals surface area contributed by atoms with Gasteiger partial charge in [0.15, 0.2) is 5.69 Å². The highest BCUT2D eigenvalue weighted by molar-refractivity contribution is 9.11. The molecule has 0 saturated carbocycles. The van der Waals surface area contributed by atoms with Crippen molar-refractivity contribution in [3.63, 3.8) is 0 Å². The van der Waals surface area contributed by atoms with Crippen LogP contribution in [0.1, 0.15) is 21.6 Å². The van der Waals surface area contributed by atoms with Crippen molar-refractivity contribution in [2.45, 2.75) is 13.8 Å². The van der Waals surface area contributed by atoms with Gasteiger partial charge in [-0.2, -0.15) is 0 Å². The zero-order valence-electron chi connectivity index (χ0n) is 9.32. The van der Waals surface area contributed by atoms with Crippen LogP contribution in [0.2, 0.25) is 0 Å². The van der Waals surface area contributed by atoms with E-state index in [0.29, 0.717) is 3.79 Å². The molecule has 1 N–H and O–H groups in total. The van der Waals surface area contributed by atoms with Crippen LogP contribution >= 0.6 is 27.3 Å². The largest absolute Gasteiger partial charge is 0.476 e. The van der Waals surface area contributed by atoms with Crippen LogP contribution in [-0.4, -0.2) is 16.1 Å². The van der Waals surface area contributed by atoms with E-state index in [4.69, 9.17) is 5.11 Å². The number of benzene rings is 1. The number of nitrogens with zero attached hydrogens (tertiary/aromatic N) is 1. The Hall–Kier alpha value is -1.20. The van der Waals surface area contributed by atoms with Gasteiger partial charge in [-0.25, -0.2) is 9.78 Å². The number of aryl methyl sites for hydroxylation is 2. The van der Waals surface area contributed by atoms with Gasteiger partial charge in [0.05, 0.1) is 0 Å². The molecule has 0 amide bonds. The summed E-state index contributed by atoms with van der Waals surface area (Å²) in [6.07, 6.45) is 0. The van der Waals surface area contributed by atoms with E-state index < -0.39 is 5.97 Å². The van der Waals surface area contributed by atoms with Crippen LogP contribution < -0.4 is 0 Å². The molecule has 0 atom stereocenters.